The van der Waals surface area contributed by atoms with Gasteiger partial charge >= 0.3 is 0 Å². The molecule has 1 amide bonds. The minimum Gasteiger partial charge on any atom is -0.493 e. The normalized spacial score (nSPS) is 15.8. The SMILES string of the molecule is COc1ccc(CCNC(=O)c2cnn3c4c(cnc23)CC(C)CC4)cc1OC. The summed E-state index contributed by atoms with van der Waals surface area (Å²) in [7, 11) is 3.22. The van der Waals surface area contributed by atoms with Crippen molar-refractivity contribution in [3.8, 4) is 11.5 Å². The van der Waals surface area contributed by atoms with Gasteiger partial charge in [0.2, 0.25) is 0 Å². The summed E-state index contributed by atoms with van der Waals surface area (Å²) in [4.78, 5) is 17.2. The van der Waals surface area contributed by atoms with E-state index in [2.05, 4.69) is 22.3 Å². The van der Waals surface area contributed by atoms with Crippen molar-refractivity contribution in [2.24, 2.45) is 5.92 Å². The minimum absolute atomic E-state index is 0.155. The molecular formula is C22H26N4O3. The summed E-state index contributed by atoms with van der Waals surface area (Å²) in [6, 6.07) is 5.77. The van der Waals surface area contributed by atoms with Crippen molar-refractivity contribution >= 4 is 11.6 Å². The molecule has 4 rings (SSSR count). The number of benzene rings is 1. The number of rotatable bonds is 6. The van der Waals surface area contributed by atoms with Gasteiger partial charge in [0.1, 0.15) is 5.56 Å². The molecular weight excluding hydrogens is 368 g/mol. The van der Waals surface area contributed by atoms with Gasteiger partial charge in [0.05, 0.1) is 20.4 Å². The lowest BCUT2D eigenvalue weighted by Crippen LogP contribution is -2.26. The molecule has 1 aliphatic rings. The van der Waals surface area contributed by atoms with Crippen LogP contribution in [-0.2, 0) is 19.3 Å². The smallest absolute Gasteiger partial charge is 0.256 e. The lowest BCUT2D eigenvalue weighted by molar-refractivity contribution is 0.0955. The van der Waals surface area contributed by atoms with E-state index in [-0.39, 0.29) is 5.91 Å². The Morgan fingerprint density at radius 1 is 1.24 bits per heavy atom. The molecule has 1 N–H and O–H groups in total. The van der Waals surface area contributed by atoms with Gasteiger partial charge in [-0.3, -0.25) is 4.79 Å². The number of hydrogen-bond donors (Lipinski definition) is 1. The molecule has 0 fully saturated rings. The molecule has 0 saturated heterocycles. The summed E-state index contributed by atoms with van der Waals surface area (Å²) in [5.41, 5.74) is 4.61. The fourth-order valence-electron chi connectivity index (χ4n) is 3.92. The molecule has 1 atom stereocenters. The first-order chi connectivity index (χ1) is 14.1. The van der Waals surface area contributed by atoms with Crippen LogP contribution in [0.25, 0.3) is 5.65 Å². The van der Waals surface area contributed by atoms with Gasteiger partial charge < -0.3 is 14.8 Å². The Labute approximate surface area is 170 Å². The number of carbonyl (C=O) groups is 1. The van der Waals surface area contributed by atoms with E-state index in [0.29, 0.717) is 41.6 Å². The van der Waals surface area contributed by atoms with Crippen molar-refractivity contribution in [2.75, 3.05) is 20.8 Å². The van der Waals surface area contributed by atoms with Crippen molar-refractivity contribution < 1.29 is 14.3 Å². The first kappa shape index (κ1) is 19.2. The second-order valence-corrected chi connectivity index (χ2v) is 7.57. The maximum absolute atomic E-state index is 12.7. The van der Waals surface area contributed by atoms with Gasteiger partial charge in [-0.25, -0.2) is 9.50 Å². The second kappa shape index (κ2) is 8.11. The molecule has 1 unspecified atom stereocenters. The van der Waals surface area contributed by atoms with Crippen LogP contribution < -0.4 is 14.8 Å². The van der Waals surface area contributed by atoms with Crippen LogP contribution in [0.2, 0.25) is 0 Å². The zero-order chi connectivity index (χ0) is 20.4. The highest BCUT2D eigenvalue weighted by Gasteiger charge is 2.22. The van der Waals surface area contributed by atoms with Crippen LogP contribution >= 0.6 is 0 Å². The summed E-state index contributed by atoms with van der Waals surface area (Å²) in [5, 5.41) is 7.42. The number of carbonyl (C=O) groups excluding carboxylic acids is 1. The molecule has 7 heteroatoms. The van der Waals surface area contributed by atoms with E-state index in [1.165, 1.54) is 11.3 Å². The fourth-order valence-corrected chi connectivity index (χ4v) is 3.92. The van der Waals surface area contributed by atoms with Crippen molar-refractivity contribution in [2.45, 2.75) is 32.6 Å². The molecule has 29 heavy (non-hydrogen) atoms. The number of hydrogen-bond acceptors (Lipinski definition) is 5. The molecule has 152 valence electrons. The Bertz CT molecular complexity index is 1040. The monoisotopic (exact) mass is 394 g/mol. The van der Waals surface area contributed by atoms with Crippen molar-refractivity contribution in [3.05, 3.63) is 53.0 Å². The molecule has 0 bridgehead atoms. The topological polar surface area (TPSA) is 77.8 Å². The zero-order valence-electron chi connectivity index (χ0n) is 17.1. The molecule has 0 radical (unpaired) electrons. The largest absolute Gasteiger partial charge is 0.493 e. The lowest BCUT2D eigenvalue weighted by atomic mass is 9.89. The first-order valence-corrected chi connectivity index (χ1v) is 9.94. The van der Waals surface area contributed by atoms with Crippen molar-refractivity contribution in [1.82, 2.24) is 19.9 Å². The second-order valence-electron chi connectivity index (χ2n) is 7.57. The molecule has 2 aromatic heterocycles. The van der Waals surface area contributed by atoms with Crippen LogP contribution in [0.5, 0.6) is 11.5 Å². The number of aryl methyl sites for hydroxylation is 1. The number of methoxy groups -OCH3 is 2. The maximum Gasteiger partial charge on any atom is 0.256 e. The Morgan fingerprint density at radius 3 is 2.86 bits per heavy atom. The molecule has 7 nitrogen and oxygen atoms in total. The fraction of sp³-hybridized carbons (Fsp3) is 0.409. The molecule has 1 aliphatic carbocycles. The van der Waals surface area contributed by atoms with E-state index < -0.39 is 0 Å². The third-order valence-corrected chi connectivity index (χ3v) is 5.55. The number of amides is 1. The molecule has 0 aliphatic heterocycles. The number of fused-ring (bicyclic) bond motifs is 3. The first-order valence-electron chi connectivity index (χ1n) is 9.94. The van der Waals surface area contributed by atoms with Crippen molar-refractivity contribution in [1.29, 1.82) is 0 Å². The van der Waals surface area contributed by atoms with E-state index >= 15 is 0 Å². The number of aromatic nitrogens is 3. The van der Waals surface area contributed by atoms with Crippen LogP contribution in [0.15, 0.2) is 30.6 Å². The summed E-state index contributed by atoms with van der Waals surface area (Å²) in [6.45, 7) is 2.77. The van der Waals surface area contributed by atoms with Crippen LogP contribution in [0, 0.1) is 5.92 Å². The highest BCUT2D eigenvalue weighted by molar-refractivity contribution is 5.99. The number of ether oxygens (including phenoxy) is 2. The van der Waals surface area contributed by atoms with E-state index in [0.717, 1.165) is 24.8 Å². The zero-order valence-corrected chi connectivity index (χ0v) is 17.1. The van der Waals surface area contributed by atoms with Crippen LogP contribution in [-0.4, -0.2) is 41.3 Å². The molecule has 3 aromatic rings. The predicted octanol–water partition coefficient (Wildman–Crippen LogP) is 2.84. The van der Waals surface area contributed by atoms with Gasteiger partial charge in [0.25, 0.3) is 5.91 Å². The van der Waals surface area contributed by atoms with Gasteiger partial charge in [-0.1, -0.05) is 13.0 Å². The highest BCUT2D eigenvalue weighted by atomic mass is 16.5. The Kier molecular flexibility index (Phi) is 5.38. The predicted molar refractivity (Wildman–Crippen MR) is 110 cm³/mol. The minimum atomic E-state index is -0.155. The van der Waals surface area contributed by atoms with E-state index in [9.17, 15) is 4.79 Å². The van der Waals surface area contributed by atoms with Gasteiger partial charge in [0.15, 0.2) is 17.1 Å². The summed E-state index contributed by atoms with van der Waals surface area (Å²) < 4.78 is 12.4. The Balaban J connectivity index is 1.45. The highest BCUT2D eigenvalue weighted by Crippen LogP contribution is 2.28. The van der Waals surface area contributed by atoms with Gasteiger partial charge in [-0.05, 0) is 54.9 Å². The average molecular weight is 394 g/mol. The maximum atomic E-state index is 12.7. The number of nitrogens with zero attached hydrogens (tertiary/aromatic N) is 3. The van der Waals surface area contributed by atoms with Crippen LogP contribution in [0.1, 0.15) is 40.5 Å². The number of nitrogens with one attached hydrogen (secondary N) is 1. The van der Waals surface area contributed by atoms with E-state index in [1.807, 2.05) is 28.9 Å². The molecule has 2 heterocycles. The lowest BCUT2D eigenvalue weighted by Gasteiger charge is -2.21. The third-order valence-electron chi connectivity index (χ3n) is 5.55. The van der Waals surface area contributed by atoms with Crippen LogP contribution in [0.3, 0.4) is 0 Å². The summed E-state index contributed by atoms with van der Waals surface area (Å²) in [5.74, 6) is 1.88. The Morgan fingerprint density at radius 2 is 2.07 bits per heavy atom. The van der Waals surface area contributed by atoms with Gasteiger partial charge in [0, 0.05) is 18.4 Å². The average Bonchev–Trinajstić information content (AvgIpc) is 3.17. The summed E-state index contributed by atoms with van der Waals surface area (Å²) >= 11 is 0. The third kappa shape index (κ3) is 3.77. The molecule has 1 aromatic carbocycles. The standard InChI is InChI=1S/C22H26N4O3/c1-14-4-6-18-16(10-14)12-24-21-17(13-25-26(18)21)22(27)23-9-8-15-5-7-19(28-2)20(11-15)29-3/h5,7,11-14H,4,6,8-10H2,1-3H3,(H,23,27). The van der Waals surface area contributed by atoms with Crippen molar-refractivity contribution in [3.63, 3.8) is 0 Å². The molecule has 0 saturated carbocycles. The van der Waals surface area contributed by atoms with Crippen LogP contribution in [0.4, 0.5) is 0 Å². The quantitative estimate of drug-likeness (QED) is 0.696. The summed E-state index contributed by atoms with van der Waals surface area (Å²) in [6.07, 6.45) is 7.34. The Hall–Kier alpha value is -3.09. The van der Waals surface area contributed by atoms with E-state index in [1.54, 1.807) is 20.4 Å². The van der Waals surface area contributed by atoms with E-state index in [4.69, 9.17) is 9.47 Å². The molecule has 0 spiro atoms. The van der Waals surface area contributed by atoms with Gasteiger partial charge in [-0.2, -0.15) is 5.10 Å². The van der Waals surface area contributed by atoms with Gasteiger partial charge in [-0.15, -0.1) is 0 Å².